The predicted molar refractivity (Wildman–Crippen MR) is 70.2 cm³/mol. The minimum Gasteiger partial charge on any atom is -0.490 e. The average Bonchev–Trinajstić information content (AvgIpc) is 2.31. The zero-order chi connectivity index (χ0) is 11.4. The monoisotopic (exact) mass is 255 g/mol. The fraction of sp³-hybridized carbons (Fsp3) is 0.462. The van der Waals surface area contributed by atoms with Crippen molar-refractivity contribution in [1.29, 1.82) is 0 Å². The standard InChI is InChI=1S/C13H17NO2.ClH/c1-10(15)12-4-2-3-5-13(12)16-11-6-8-14-9-7-11;/h2-5,11,14H,6-9H2,1H3;1H. The number of hydrogen-bond donors (Lipinski definition) is 1. The van der Waals surface area contributed by atoms with Crippen molar-refractivity contribution < 1.29 is 9.53 Å². The van der Waals surface area contributed by atoms with E-state index < -0.39 is 0 Å². The number of piperidine rings is 1. The molecule has 1 aliphatic rings. The lowest BCUT2D eigenvalue weighted by atomic mass is 10.1. The number of ketones is 1. The Morgan fingerprint density at radius 1 is 1.29 bits per heavy atom. The molecule has 1 aromatic carbocycles. The molecule has 3 nitrogen and oxygen atoms in total. The molecule has 0 aromatic heterocycles. The molecule has 1 aromatic rings. The summed E-state index contributed by atoms with van der Waals surface area (Å²) in [5.41, 5.74) is 0.682. The summed E-state index contributed by atoms with van der Waals surface area (Å²) in [7, 11) is 0. The van der Waals surface area contributed by atoms with E-state index in [1.165, 1.54) is 0 Å². The van der Waals surface area contributed by atoms with Gasteiger partial charge in [0.25, 0.3) is 0 Å². The molecule has 0 atom stereocenters. The molecule has 0 amide bonds. The van der Waals surface area contributed by atoms with Gasteiger partial charge in [0, 0.05) is 0 Å². The van der Waals surface area contributed by atoms with Crippen LogP contribution in [0.5, 0.6) is 5.75 Å². The summed E-state index contributed by atoms with van der Waals surface area (Å²) in [4.78, 5) is 11.4. The third-order valence-electron chi connectivity index (χ3n) is 2.85. The Kier molecular flexibility index (Phi) is 5.45. The van der Waals surface area contributed by atoms with Gasteiger partial charge in [0.2, 0.25) is 0 Å². The lowest BCUT2D eigenvalue weighted by Crippen LogP contribution is -2.34. The largest absolute Gasteiger partial charge is 0.490 e. The summed E-state index contributed by atoms with van der Waals surface area (Å²) in [6.07, 6.45) is 2.25. The predicted octanol–water partition coefficient (Wildman–Crippen LogP) is 2.44. The van der Waals surface area contributed by atoms with Crippen molar-refractivity contribution in [2.24, 2.45) is 0 Å². The summed E-state index contributed by atoms with van der Waals surface area (Å²) in [5.74, 6) is 0.784. The van der Waals surface area contributed by atoms with Gasteiger partial charge >= 0.3 is 0 Å². The number of benzene rings is 1. The van der Waals surface area contributed by atoms with Crippen LogP contribution in [0, 0.1) is 0 Å². The second-order valence-corrected chi connectivity index (χ2v) is 4.12. The third-order valence-corrected chi connectivity index (χ3v) is 2.85. The van der Waals surface area contributed by atoms with Crippen molar-refractivity contribution in [3.05, 3.63) is 29.8 Å². The Hall–Kier alpha value is -1.06. The lowest BCUT2D eigenvalue weighted by Gasteiger charge is -2.24. The number of ether oxygens (including phenoxy) is 1. The first kappa shape index (κ1) is 14.0. The molecule has 17 heavy (non-hydrogen) atoms. The van der Waals surface area contributed by atoms with E-state index in [2.05, 4.69) is 5.32 Å². The third kappa shape index (κ3) is 3.72. The van der Waals surface area contributed by atoms with Crippen molar-refractivity contribution >= 4 is 18.2 Å². The smallest absolute Gasteiger partial charge is 0.163 e. The average molecular weight is 256 g/mol. The second-order valence-electron chi connectivity index (χ2n) is 4.12. The lowest BCUT2D eigenvalue weighted by molar-refractivity contribution is 0.100. The molecule has 0 bridgehead atoms. The van der Waals surface area contributed by atoms with Crippen LogP contribution in [0.1, 0.15) is 30.1 Å². The van der Waals surface area contributed by atoms with Gasteiger partial charge in [-0.15, -0.1) is 12.4 Å². The summed E-state index contributed by atoms with van der Waals surface area (Å²) in [6.45, 7) is 3.56. The van der Waals surface area contributed by atoms with E-state index in [9.17, 15) is 4.79 Å². The van der Waals surface area contributed by atoms with E-state index in [4.69, 9.17) is 4.74 Å². The molecule has 0 radical (unpaired) electrons. The molecule has 1 fully saturated rings. The Balaban J connectivity index is 0.00000144. The van der Waals surface area contributed by atoms with Crippen LogP contribution >= 0.6 is 12.4 Å². The fourth-order valence-electron chi connectivity index (χ4n) is 1.95. The summed E-state index contributed by atoms with van der Waals surface area (Å²) >= 11 is 0. The molecular weight excluding hydrogens is 238 g/mol. The Bertz CT molecular complexity index is 375. The first-order valence-corrected chi connectivity index (χ1v) is 5.74. The summed E-state index contributed by atoms with van der Waals surface area (Å²) in [6, 6.07) is 7.46. The van der Waals surface area contributed by atoms with Crippen molar-refractivity contribution in [2.45, 2.75) is 25.9 Å². The van der Waals surface area contributed by atoms with Crippen molar-refractivity contribution in [3.8, 4) is 5.75 Å². The van der Waals surface area contributed by atoms with Crippen LogP contribution in [0.2, 0.25) is 0 Å². The first-order chi connectivity index (χ1) is 7.77. The quantitative estimate of drug-likeness (QED) is 0.844. The highest BCUT2D eigenvalue weighted by Crippen LogP contribution is 2.22. The number of nitrogens with one attached hydrogen (secondary N) is 1. The van der Waals surface area contributed by atoms with E-state index >= 15 is 0 Å². The van der Waals surface area contributed by atoms with E-state index in [-0.39, 0.29) is 24.3 Å². The number of Topliss-reactive ketones (excluding diaryl/α,β-unsaturated/α-hetero) is 1. The molecule has 1 aliphatic heterocycles. The highest BCUT2D eigenvalue weighted by molar-refractivity contribution is 5.96. The van der Waals surface area contributed by atoms with Crippen LogP contribution in [0.4, 0.5) is 0 Å². The first-order valence-electron chi connectivity index (χ1n) is 5.74. The van der Waals surface area contributed by atoms with Crippen LogP contribution in [0.3, 0.4) is 0 Å². The molecule has 0 spiro atoms. The van der Waals surface area contributed by atoms with Crippen molar-refractivity contribution in [2.75, 3.05) is 13.1 Å². The topological polar surface area (TPSA) is 38.3 Å². The molecule has 94 valence electrons. The van der Waals surface area contributed by atoms with Crippen molar-refractivity contribution in [1.82, 2.24) is 5.32 Å². The second kappa shape index (κ2) is 6.62. The molecule has 0 aliphatic carbocycles. The zero-order valence-corrected chi connectivity index (χ0v) is 10.8. The van der Waals surface area contributed by atoms with Gasteiger partial charge in [0.1, 0.15) is 11.9 Å². The van der Waals surface area contributed by atoms with E-state index in [0.717, 1.165) is 31.7 Å². The van der Waals surface area contributed by atoms with Crippen LogP contribution < -0.4 is 10.1 Å². The Morgan fingerprint density at radius 2 is 1.94 bits per heavy atom. The number of rotatable bonds is 3. The van der Waals surface area contributed by atoms with E-state index in [1.54, 1.807) is 6.92 Å². The normalized spacial score (nSPS) is 16.1. The SMILES string of the molecule is CC(=O)c1ccccc1OC1CCNCC1.Cl. The number of halogens is 1. The molecule has 1 saturated heterocycles. The van der Waals surface area contributed by atoms with Crippen LogP contribution in [-0.2, 0) is 0 Å². The zero-order valence-electron chi connectivity index (χ0n) is 9.94. The molecule has 1 N–H and O–H groups in total. The molecule has 0 unspecified atom stereocenters. The van der Waals surface area contributed by atoms with Gasteiger partial charge in [-0.05, 0) is 45.0 Å². The highest BCUT2D eigenvalue weighted by Gasteiger charge is 2.16. The van der Waals surface area contributed by atoms with Gasteiger partial charge in [0.15, 0.2) is 5.78 Å². The molecule has 1 heterocycles. The maximum absolute atomic E-state index is 11.4. The van der Waals surface area contributed by atoms with Gasteiger partial charge < -0.3 is 10.1 Å². The minimum atomic E-state index is 0. The van der Waals surface area contributed by atoms with Crippen molar-refractivity contribution in [3.63, 3.8) is 0 Å². The summed E-state index contributed by atoms with van der Waals surface area (Å²) < 4.78 is 5.89. The van der Waals surface area contributed by atoms with Gasteiger partial charge in [0.05, 0.1) is 5.56 Å². The van der Waals surface area contributed by atoms with Crippen LogP contribution in [0.25, 0.3) is 0 Å². The number of carbonyl (C=O) groups is 1. The minimum absolute atomic E-state index is 0. The van der Waals surface area contributed by atoms with Gasteiger partial charge in [-0.25, -0.2) is 0 Å². The molecule has 2 rings (SSSR count). The maximum Gasteiger partial charge on any atom is 0.163 e. The maximum atomic E-state index is 11.4. The number of para-hydroxylation sites is 1. The molecular formula is C13H18ClNO2. The van der Waals surface area contributed by atoms with Gasteiger partial charge in [-0.3, -0.25) is 4.79 Å². The highest BCUT2D eigenvalue weighted by atomic mass is 35.5. The van der Waals surface area contributed by atoms with E-state index in [1.807, 2.05) is 24.3 Å². The van der Waals surface area contributed by atoms with E-state index in [0.29, 0.717) is 5.56 Å². The fourth-order valence-corrected chi connectivity index (χ4v) is 1.95. The van der Waals surface area contributed by atoms with Gasteiger partial charge in [-0.1, -0.05) is 12.1 Å². The molecule has 4 heteroatoms. The Labute approximate surface area is 108 Å². The van der Waals surface area contributed by atoms with Gasteiger partial charge in [-0.2, -0.15) is 0 Å². The van der Waals surface area contributed by atoms with Crippen LogP contribution in [0.15, 0.2) is 24.3 Å². The number of hydrogen-bond acceptors (Lipinski definition) is 3. The number of carbonyl (C=O) groups excluding carboxylic acids is 1. The van der Waals surface area contributed by atoms with Crippen LogP contribution in [-0.4, -0.2) is 25.0 Å². The summed E-state index contributed by atoms with van der Waals surface area (Å²) in [5, 5.41) is 3.29. The Morgan fingerprint density at radius 3 is 2.59 bits per heavy atom. The molecule has 0 saturated carbocycles.